The maximum Gasteiger partial charge on any atom is 0.138 e. The van der Waals surface area contributed by atoms with Crippen molar-refractivity contribution < 1.29 is 0 Å². The molecule has 18 heavy (non-hydrogen) atoms. The van der Waals surface area contributed by atoms with Gasteiger partial charge in [-0.15, -0.1) is 0 Å². The summed E-state index contributed by atoms with van der Waals surface area (Å²) >= 11 is 0. The lowest BCUT2D eigenvalue weighted by atomic mass is 10.1. The third-order valence-corrected chi connectivity index (χ3v) is 2.77. The fraction of sp³-hybridized carbons (Fsp3) is 0.500. The zero-order valence-electron chi connectivity index (χ0n) is 10.7. The molecule has 0 aliphatic carbocycles. The zero-order valence-corrected chi connectivity index (χ0v) is 10.7. The molecule has 0 radical (unpaired) electrons. The highest BCUT2D eigenvalue weighted by molar-refractivity contribution is 5.05. The average Bonchev–Trinajstić information content (AvgIpc) is 2.81. The second kappa shape index (κ2) is 6.20. The van der Waals surface area contributed by atoms with E-state index in [2.05, 4.69) is 32.3 Å². The molecule has 2 heterocycles. The lowest BCUT2D eigenvalue weighted by molar-refractivity contribution is 0.495. The van der Waals surface area contributed by atoms with Gasteiger partial charge in [-0.1, -0.05) is 6.92 Å². The highest BCUT2D eigenvalue weighted by Gasteiger charge is 2.15. The summed E-state index contributed by atoms with van der Waals surface area (Å²) in [5.74, 6) is 0.939. The molecule has 0 saturated carbocycles. The van der Waals surface area contributed by atoms with Crippen LogP contribution in [0.2, 0.25) is 0 Å². The van der Waals surface area contributed by atoms with Crippen LogP contribution < -0.4 is 5.32 Å². The molecule has 0 aliphatic heterocycles. The van der Waals surface area contributed by atoms with Crippen LogP contribution in [-0.4, -0.2) is 31.3 Å². The number of rotatable bonds is 6. The van der Waals surface area contributed by atoms with Crippen molar-refractivity contribution in [2.75, 3.05) is 6.54 Å². The Morgan fingerprint density at radius 1 is 1.33 bits per heavy atom. The van der Waals surface area contributed by atoms with E-state index >= 15 is 0 Å². The van der Waals surface area contributed by atoms with Gasteiger partial charge in [0, 0.05) is 32.1 Å². The molecule has 6 heteroatoms. The van der Waals surface area contributed by atoms with Crippen LogP contribution in [0.5, 0.6) is 0 Å². The Morgan fingerprint density at radius 3 is 2.83 bits per heavy atom. The first-order chi connectivity index (χ1) is 8.81. The van der Waals surface area contributed by atoms with Crippen LogP contribution in [0.3, 0.4) is 0 Å². The minimum Gasteiger partial charge on any atom is -0.308 e. The Morgan fingerprint density at radius 2 is 2.22 bits per heavy atom. The van der Waals surface area contributed by atoms with Gasteiger partial charge in [0.05, 0.1) is 11.7 Å². The first kappa shape index (κ1) is 12.6. The molecule has 1 atom stereocenters. The normalized spacial score (nSPS) is 12.6. The lowest BCUT2D eigenvalue weighted by Gasteiger charge is -2.16. The summed E-state index contributed by atoms with van der Waals surface area (Å²) in [4.78, 5) is 12.7. The predicted molar refractivity (Wildman–Crippen MR) is 67.8 cm³/mol. The van der Waals surface area contributed by atoms with Crippen LogP contribution in [-0.2, 0) is 13.5 Å². The summed E-state index contributed by atoms with van der Waals surface area (Å²) in [5, 5.41) is 7.55. The van der Waals surface area contributed by atoms with Gasteiger partial charge in [0.2, 0.25) is 0 Å². The van der Waals surface area contributed by atoms with E-state index in [-0.39, 0.29) is 6.04 Å². The van der Waals surface area contributed by atoms with Gasteiger partial charge in [-0.3, -0.25) is 14.6 Å². The van der Waals surface area contributed by atoms with E-state index in [0.717, 1.165) is 30.9 Å². The van der Waals surface area contributed by atoms with Gasteiger partial charge < -0.3 is 5.32 Å². The molecule has 0 saturated heterocycles. The van der Waals surface area contributed by atoms with Gasteiger partial charge in [0.25, 0.3) is 0 Å². The molecule has 2 rings (SSSR count). The summed E-state index contributed by atoms with van der Waals surface area (Å²) in [6, 6.07) is 0.126. The summed E-state index contributed by atoms with van der Waals surface area (Å²) in [6.07, 6.45) is 8.60. The van der Waals surface area contributed by atoms with E-state index < -0.39 is 0 Å². The van der Waals surface area contributed by atoms with Crippen LogP contribution in [0.1, 0.15) is 30.9 Å². The quantitative estimate of drug-likeness (QED) is 0.819. The fourth-order valence-electron chi connectivity index (χ4n) is 1.78. The molecule has 1 N–H and O–H groups in total. The van der Waals surface area contributed by atoms with Crippen LogP contribution >= 0.6 is 0 Å². The van der Waals surface area contributed by atoms with Crippen LogP contribution in [0.25, 0.3) is 0 Å². The molecule has 0 bridgehead atoms. The molecule has 0 spiro atoms. The summed E-state index contributed by atoms with van der Waals surface area (Å²) < 4.78 is 1.79. The Hall–Kier alpha value is -1.82. The molecular formula is C12H18N6. The summed E-state index contributed by atoms with van der Waals surface area (Å²) in [7, 11) is 1.90. The summed E-state index contributed by atoms with van der Waals surface area (Å²) in [6.45, 7) is 3.09. The first-order valence-corrected chi connectivity index (χ1v) is 6.13. The smallest absolute Gasteiger partial charge is 0.138 e. The van der Waals surface area contributed by atoms with Crippen LogP contribution in [0, 0.1) is 0 Å². The number of hydrogen-bond acceptors (Lipinski definition) is 5. The SMILES string of the molecule is CCCNC(Cc1ncnn1C)c1cnccn1. The van der Waals surface area contributed by atoms with Gasteiger partial charge in [-0.2, -0.15) is 5.10 Å². The zero-order chi connectivity index (χ0) is 12.8. The number of nitrogens with zero attached hydrogens (tertiary/aromatic N) is 5. The largest absolute Gasteiger partial charge is 0.308 e. The molecular weight excluding hydrogens is 228 g/mol. The van der Waals surface area contributed by atoms with Crippen LogP contribution in [0.4, 0.5) is 0 Å². The van der Waals surface area contributed by atoms with Gasteiger partial charge in [0.1, 0.15) is 12.2 Å². The average molecular weight is 246 g/mol. The first-order valence-electron chi connectivity index (χ1n) is 6.13. The molecule has 2 aromatic heterocycles. The number of hydrogen-bond donors (Lipinski definition) is 1. The van der Waals surface area contributed by atoms with E-state index in [1.165, 1.54) is 0 Å². The molecule has 0 aliphatic rings. The monoisotopic (exact) mass is 246 g/mol. The topological polar surface area (TPSA) is 68.5 Å². The highest BCUT2D eigenvalue weighted by Crippen LogP contribution is 2.13. The van der Waals surface area contributed by atoms with Crippen molar-refractivity contribution in [3.63, 3.8) is 0 Å². The molecule has 0 fully saturated rings. The van der Waals surface area contributed by atoms with Gasteiger partial charge in [-0.25, -0.2) is 4.98 Å². The van der Waals surface area contributed by atoms with Crippen molar-refractivity contribution in [1.82, 2.24) is 30.0 Å². The Balaban J connectivity index is 2.13. The fourth-order valence-corrected chi connectivity index (χ4v) is 1.78. The van der Waals surface area contributed by atoms with Crippen molar-refractivity contribution in [3.8, 4) is 0 Å². The van der Waals surface area contributed by atoms with E-state index in [1.54, 1.807) is 29.6 Å². The maximum absolute atomic E-state index is 4.36. The van der Waals surface area contributed by atoms with Gasteiger partial charge >= 0.3 is 0 Å². The third-order valence-electron chi connectivity index (χ3n) is 2.77. The number of aromatic nitrogens is 5. The molecule has 0 aromatic carbocycles. The van der Waals surface area contributed by atoms with Gasteiger partial charge in [-0.05, 0) is 13.0 Å². The van der Waals surface area contributed by atoms with Crippen molar-refractivity contribution >= 4 is 0 Å². The van der Waals surface area contributed by atoms with E-state index in [0.29, 0.717) is 0 Å². The van der Waals surface area contributed by atoms with Crippen molar-refractivity contribution in [1.29, 1.82) is 0 Å². The van der Waals surface area contributed by atoms with Crippen molar-refractivity contribution in [2.24, 2.45) is 7.05 Å². The molecule has 0 amide bonds. The minimum absolute atomic E-state index is 0.126. The standard InChI is InChI=1S/C12H18N6/c1-3-4-14-10(11-8-13-5-6-15-11)7-12-16-9-17-18(12)2/h5-6,8-10,14H,3-4,7H2,1-2H3. The lowest BCUT2D eigenvalue weighted by Crippen LogP contribution is -2.26. The Kier molecular flexibility index (Phi) is 4.35. The third kappa shape index (κ3) is 3.10. The van der Waals surface area contributed by atoms with E-state index in [4.69, 9.17) is 0 Å². The second-order valence-electron chi connectivity index (χ2n) is 4.14. The number of aryl methyl sites for hydroxylation is 1. The maximum atomic E-state index is 4.36. The minimum atomic E-state index is 0.126. The highest BCUT2D eigenvalue weighted by atomic mass is 15.3. The molecule has 96 valence electrons. The van der Waals surface area contributed by atoms with E-state index in [9.17, 15) is 0 Å². The van der Waals surface area contributed by atoms with E-state index in [1.807, 2.05) is 7.05 Å². The Bertz CT molecular complexity index is 466. The van der Waals surface area contributed by atoms with Gasteiger partial charge in [0.15, 0.2) is 0 Å². The summed E-state index contributed by atoms with van der Waals surface area (Å²) in [5.41, 5.74) is 0.939. The predicted octanol–water partition coefficient (Wildman–Crippen LogP) is 0.888. The Labute approximate surface area is 106 Å². The molecule has 6 nitrogen and oxygen atoms in total. The van der Waals surface area contributed by atoms with Crippen LogP contribution in [0.15, 0.2) is 24.9 Å². The second-order valence-corrected chi connectivity index (χ2v) is 4.14. The van der Waals surface area contributed by atoms with Crippen molar-refractivity contribution in [3.05, 3.63) is 36.4 Å². The molecule has 1 unspecified atom stereocenters. The number of nitrogens with one attached hydrogen (secondary N) is 1. The van der Waals surface area contributed by atoms with Crippen molar-refractivity contribution in [2.45, 2.75) is 25.8 Å². The molecule has 2 aromatic rings.